The predicted octanol–water partition coefficient (Wildman–Crippen LogP) is 2.39. The Bertz CT molecular complexity index is 718. The Morgan fingerprint density at radius 1 is 1.25 bits per heavy atom. The van der Waals surface area contributed by atoms with Crippen LogP contribution in [0, 0.1) is 5.82 Å². The molecule has 4 nitrogen and oxygen atoms in total. The molecule has 2 aromatic carbocycles. The van der Waals surface area contributed by atoms with Gasteiger partial charge in [-0.3, -0.25) is 4.79 Å². The first-order valence-electron chi connectivity index (χ1n) is 8.11. The topological polar surface area (TPSA) is 61.4 Å². The summed E-state index contributed by atoms with van der Waals surface area (Å²) in [5, 5.41) is 15.4. The third kappa shape index (κ3) is 3.63. The summed E-state index contributed by atoms with van der Waals surface area (Å²) in [4.78, 5) is 12.2. The average Bonchev–Trinajstić information content (AvgIpc) is 3.02. The Morgan fingerprint density at radius 3 is 2.58 bits per heavy atom. The number of rotatable bonds is 4. The Hall–Kier alpha value is -2.24. The molecule has 3 N–H and O–H groups in total. The Morgan fingerprint density at radius 2 is 1.96 bits per heavy atom. The molecule has 1 saturated heterocycles. The van der Waals surface area contributed by atoms with Gasteiger partial charge in [0.1, 0.15) is 5.82 Å². The molecular formula is C19H21FN2O2. The van der Waals surface area contributed by atoms with Crippen LogP contribution < -0.4 is 10.6 Å². The lowest BCUT2D eigenvalue weighted by molar-refractivity contribution is -0.123. The third-order valence-electron chi connectivity index (χ3n) is 4.38. The van der Waals surface area contributed by atoms with Crippen molar-refractivity contribution in [1.29, 1.82) is 0 Å². The van der Waals surface area contributed by atoms with Crippen LogP contribution in [0.4, 0.5) is 4.39 Å². The molecular weight excluding hydrogens is 307 g/mol. The number of nitrogens with one attached hydrogen (secondary N) is 2. The fourth-order valence-electron chi connectivity index (χ4n) is 2.96. The lowest BCUT2D eigenvalue weighted by Crippen LogP contribution is -2.41. The van der Waals surface area contributed by atoms with Crippen LogP contribution in [0.3, 0.4) is 0 Å². The first kappa shape index (κ1) is 16.6. The molecule has 0 aliphatic carbocycles. The van der Waals surface area contributed by atoms with Crippen LogP contribution in [0.25, 0.3) is 11.1 Å². The summed E-state index contributed by atoms with van der Waals surface area (Å²) in [5.41, 5.74) is 2.31. The molecule has 3 atom stereocenters. The Labute approximate surface area is 140 Å². The quantitative estimate of drug-likeness (QED) is 0.808. The van der Waals surface area contributed by atoms with Crippen molar-refractivity contribution in [3.63, 3.8) is 0 Å². The van der Waals surface area contributed by atoms with E-state index in [-0.39, 0.29) is 23.8 Å². The van der Waals surface area contributed by atoms with Gasteiger partial charge in [0.15, 0.2) is 0 Å². The summed E-state index contributed by atoms with van der Waals surface area (Å²) in [6.45, 7) is 2.35. The van der Waals surface area contributed by atoms with Gasteiger partial charge in [0.2, 0.25) is 5.91 Å². The molecule has 1 amide bonds. The van der Waals surface area contributed by atoms with Gasteiger partial charge in [-0.15, -0.1) is 0 Å². The van der Waals surface area contributed by atoms with Crippen molar-refractivity contribution in [2.24, 2.45) is 0 Å². The predicted molar refractivity (Wildman–Crippen MR) is 90.8 cm³/mol. The van der Waals surface area contributed by atoms with Crippen LogP contribution in [0.1, 0.15) is 24.9 Å². The van der Waals surface area contributed by atoms with E-state index in [1.165, 1.54) is 6.07 Å². The summed E-state index contributed by atoms with van der Waals surface area (Å²) in [5.74, 6) is -0.366. The van der Waals surface area contributed by atoms with E-state index in [1.54, 1.807) is 18.2 Å². The van der Waals surface area contributed by atoms with Gasteiger partial charge >= 0.3 is 0 Å². The number of amides is 1. The highest BCUT2D eigenvalue weighted by Crippen LogP contribution is 2.24. The molecule has 1 aliphatic heterocycles. The molecule has 1 fully saturated rings. The molecule has 0 aromatic heterocycles. The number of hydrogen-bond acceptors (Lipinski definition) is 3. The Balaban J connectivity index is 1.67. The maximum absolute atomic E-state index is 13.8. The number of hydrogen-bond donors (Lipinski definition) is 3. The number of aliphatic hydroxyl groups is 1. The normalized spacial score (nSPS) is 21.5. The van der Waals surface area contributed by atoms with E-state index in [9.17, 15) is 14.3 Å². The number of halogens is 1. The highest BCUT2D eigenvalue weighted by atomic mass is 19.1. The zero-order valence-corrected chi connectivity index (χ0v) is 13.5. The number of aliphatic hydroxyl groups excluding tert-OH is 1. The molecule has 0 bridgehead atoms. The van der Waals surface area contributed by atoms with Crippen molar-refractivity contribution in [2.45, 2.75) is 31.5 Å². The molecule has 2 aromatic rings. The Kier molecular flexibility index (Phi) is 4.92. The second kappa shape index (κ2) is 7.11. The number of carbonyl (C=O) groups is 1. The van der Waals surface area contributed by atoms with Gasteiger partial charge in [-0.2, -0.15) is 0 Å². The van der Waals surface area contributed by atoms with Gasteiger partial charge in [0, 0.05) is 12.1 Å². The smallest absolute Gasteiger partial charge is 0.237 e. The van der Waals surface area contributed by atoms with Gasteiger partial charge in [0.05, 0.1) is 18.2 Å². The summed E-state index contributed by atoms with van der Waals surface area (Å²) in [7, 11) is 0. The highest BCUT2D eigenvalue weighted by molar-refractivity contribution is 5.82. The van der Waals surface area contributed by atoms with Crippen molar-refractivity contribution < 1.29 is 14.3 Å². The van der Waals surface area contributed by atoms with Gasteiger partial charge in [-0.1, -0.05) is 42.5 Å². The summed E-state index contributed by atoms with van der Waals surface area (Å²) in [6.07, 6.45) is -0.0266. The second-order valence-electron chi connectivity index (χ2n) is 6.18. The van der Waals surface area contributed by atoms with E-state index in [1.807, 2.05) is 31.2 Å². The van der Waals surface area contributed by atoms with E-state index in [4.69, 9.17) is 0 Å². The van der Waals surface area contributed by atoms with Crippen LogP contribution >= 0.6 is 0 Å². The van der Waals surface area contributed by atoms with E-state index in [2.05, 4.69) is 10.6 Å². The van der Waals surface area contributed by atoms with Crippen molar-refractivity contribution in [2.75, 3.05) is 6.54 Å². The maximum atomic E-state index is 13.8. The lowest BCUT2D eigenvalue weighted by Gasteiger charge is -2.18. The van der Waals surface area contributed by atoms with Gasteiger partial charge in [0.25, 0.3) is 0 Å². The van der Waals surface area contributed by atoms with Gasteiger partial charge < -0.3 is 15.7 Å². The minimum atomic E-state index is -0.462. The molecule has 2 unspecified atom stereocenters. The minimum Gasteiger partial charge on any atom is -0.392 e. The average molecular weight is 328 g/mol. The maximum Gasteiger partial charge on any atom is 0.237 e. The number of benzene rings is 2. The monoisotopic (exact) mass is 328 g/mol. The first-order chi connectivity index (χ1) is 11.5. The first-order valence-corrected chi connectivity index (χ1v) is 8.11. The molecule has 0 saturated carbocycles. The summed E-state index contributed by atoms with van der Waals surface area (Å²) in [6, 6.07) is 13.6. The van der Waals surface area contributed by atoms with E-state index < -0.39 is 6.10 Å². The standard InChI is InChI=1S/C19H21FN2O2/c1-12(22-19(24)18-10-15(23)11-21-18)13-6-8-14(9-7-13)16-4-2-3-5-17(16)20/h2-9,12,15,18,21,23H,10-11H2,1H3,(H,22,24)/t12-,15?,18?/m0/s1. The minimum absolute atomic E-state index is 0.114. The largest absolute Gasteiger partial charge is 0.392 e. The van der Waals surface area contributed by atoms with E-state index in [0.29, 0.717) is 18.5 Å². The molecule has 1 aliphatic rings. The van der Waals surface area contributed by atoms with E-state index >= 15 is 0 Å². The van der Waals surface area contributed by atoms with Crippen molar-refractivity contribution in [1.82, 2.24) is 10.6 Å². The fourth-order valence-corrected chi connectivity index (χ4v) is 2.96. The number of carbonyl (C=O) groups excluding carboxylic acids is 1. The SMILES string of the molecule is C[C@H](NC(=O)C1CC(O)CN1)c1ccc(-c2ccccc2F)cc1. The number of β-amino-alcohol motifs (C(OH)–C–C–N with tert-alkyl or cyclic N) is 1. The van der Waals surface area contributed by atoms with Crippen LogP contribution in [-0.4, -0.2) is 29.7 Å². The van der Waals surface area contributed by atoms with Gasteiger partial charge in [-0.05, 0) is 30.5 Å². The molecule has 0 spiro atoms. The van der Waals surface area contributed by atoms with Crippen LogP contribution in [-0.2, 0) is 4.79 Å². The molecule has 5 heteroatoms. The van der Waals surface area contributed by atoms with Crippen LogP contribution in [0.15, 0.2) is 48.5 Å². The van der Waals surface area contributed by atoms with Gasteiger partial charge in [-0.25, -0.2) is 4.39 Å². The van der Waals surface area contributed by atoms with Crippen LogP contribution in [0.5, 0.6) is 0 Å². The molecule has 3 rings (SSSR count). The zero-order valence-electron chi connectivity index (χ0n) is 13.5. The van der Waals surface area contributed by atoms with E-state index in [0.717, 1.165) is 11.1 Å². The van der Waals surface area contributed by atoms with Crippen molar-refractivity contribution in [3.8, 4) is 11.1 Å². The highest BCUT2D eigenvalue weighted by Gasteiger charge is 2.28. The lowest BCUT2D eigenvalue weighted by atomic mass is 10.0. The summed E-state index contributed by atoms with van der Waals surface area (Å²) >= 11 is 0. The molecule has 0 radical (unpaired) electrons. The summed E-state index contributed by atoms with van der Waals surface area (Å²) < 4.78 is 13.8. The van der Waals surface area contributed by atoms with Crippen molar-refractivity contribution in [3.05, 3.63) is 59.9 Å². The fraction of sp³-hybridized carbons (Fsp3) is 0.316. The molecule has 24 heavy (non-hydrogen) atoms. The van der Waals surface area contributed by atoms with Crippen LogP contribution in [0.2, 0.25) is 0 Å². The third-order valence-corrected chi connectivity index (χ3v) is 4.38. The second-order valence-corrected chi connectivity index (χ2v) is 6.18. The molecule has 1 heterocycles. The molecule has 126 valence electrons. The zero-order chi connectivity index (χ0) is 17.1. The van der Waals surface area contributed by atoms with Crippen molar-refractivity contribution >= 4 is 5.91 Å².